The third-order valence-electron chi connectivity index (χ3n) is 3.38. The van der Waals surface area contributed by atoms with E-state index in [9.17, 15) is 10.2 Å². The molecule has 3 rings (SSSR count). The zero-order chi connectivity index (χ0) is 14.3. The second-order valence-electron chi connectivity index (χ2n) is 4.53. The highest BCUT2D eigenvalue weighted by molar-refractivity contribution is 6.10. The molecule has 102 valence electrons. The summed E-state index contributed by atoms with van der Waals surface area (Å²) >= 11 is 0. The highest BCUT2D eigenvalue weighted by atomic mass is 16.5. The molecule has 0 amide bonds. The van der Waals surface area contributed by atoms with Crippen LogP contribution in [0.5, 0.6) is 23.0 Å². The Morgan fingerprint density at radius 1 is 0.850 bits per heavy atom. The topological polar surface area (TPSA) is 58.9 Å². The Kier molecular flexibility index (Phi) is 2.79. The lowest BCUT2D eigenvalue weighted by atomic mass is 10.0. The predicted octanol–water partition coefficient (Wildman–Crippen LogP) is 3.42. The Hall–Kier alpha value is -2.62. The minimum atomic E-state index is -0.0235. The van der Waals surface area contributed by atoms with Crippen molar-refractivity contribution in [2.24, 2.45) is 0 Å². The minimum Gasteiger partial charge on any atom is -0.508 e. The number of methoxy groups -OCH3 is 2. The molecule has 4 nitrogen and oxygen atoms in total. The van der Waals surface area contributed by atoms with Crippen LogP contribution in [0.15, 0.2) is 36.4 Å². The van der Waals surface area contributed by atoms with Gasteiger partial charge >= 0.3 is 0 Å². The first-order chi connectivity index (χ1) is 9.65. The Balaban J connectivity index is 2.58. The lowest BCUT2D eigenvalue weighted by molar-refractivity contribution is 0.405. The van der Waals surface area contributed by atoms with Crippen molar-refractivity contribution in [1.29, 1.82) is 0 Å². The van der Waals surface area contributed by atoms with Gasteiger partial charge in [-0.25, -0.2) is 0 Å². The number of hydrogen-bond acceptors (Lipinski definition) is 4. The summed E-state index contributed by atoms with van der Waals surface area (Å²) in [6.07, 6.45) is 0. The van der Waals surface area contributed by atoms with Gasteiger partial charge in [0.1, 0.15) is 23.0 Å². The van der Waals surface area contributed by atoms with Gasteiger partial charge in [0, 0.05) is 6.07 Å². The molecule has 0 aliphatic heterocycles. The first kappa shape index (κ1) is 12.4. The fourth-order valence-corrected chi connectivity index (χ4v) is 2.57. The van der Waals surface area contributed by atoms with Crippen molar-refractivity contribution in [1.82, 2.24) is 0 Å². The van der Waals surface area contributed by atoms with Gasteiger partial charge < -0.3 is 19.7 Å². The minimum absolute atomic E-state index is 0.0132. The molecule has 0 aliphatic carbocycles. The summed E-state index contributed by atoms with van der Waals surface area (Å²) in [7, 11) is 3.14. The van der Waals surface area contributed by atoms with Crippen molar-refractivity contribution in [2.45, 2.75) is 0 Å². The van der Waals surface area contributed by atoms with Gasteiger partial charge in [0.25, 0.3) is 0 Å². The quantitative estimate of drug-likeness (QED) is 0.700. The molecule has 4 heteroatoms. The molecule has 0 saturated carbocycles. The molecule has 0 atom stereocenters. The average Bonchev–Trinajstić information content (AvgIpc) is 2.43. The Labute approximate surface area is 115 Å². The Morgan fingerprint density at radius 2 is 1.65 bits per heavy atom. The molecule has 0 bridgehead atoms. The largest absolute Gasteiger partial charge is 0.508 e. The molecule has 0 aliphatic rings. The molecule has 0 spiro atoms. The molecule has 3 aromatic carbocycles. The average molecular weight is 270 g/mol. The highest BCUT2D eigenvalue weighted by Gasteiger charge is 2.16. The summed E-state index contributed by atoms with van der Waals surface area (Å²) in [6, 6.07) is 10.4. The summed E-state index contributed by atoms with van der Waals surface area (Å²) in [5.41, 5.74) is 0. The van der Waals surface area contributed by atoms with Gasteiger partial charge in [0.2, 0.25) is 0 Å². The molecule has 0 fully saturated rings. The number of rotatable bonds is 2. The van der Waals surface area contributed by atoms with E-state index in [1.807, 2.05) is 24.3 Å². The molecule has 0 saturated heterocycles. The second-order valence-corrected chi connectivity index (χ2v) is 4.53. The Bertz CT molecular complexity index is 809. The summed E-state index contributed by atoms with van der Waals surface area (Å²) in [5, 5.41) is 22.7. The van der Waals surface area contributed by atoms with E-state index < -0.39 is 0 Å². The second kappa shape index (κ2) is 4.49. The Morgan fingerprint density at radius 3 is 2.35 bits per heavy atom. The van der Waals surface area contributed by atoms with E-state index in [4.69, 9.17) is 9.47 Å². The number of ether oxygens (including phenoxy) is 2. The van der Waals surface area contributed by atoms with Crippen molar-refractivity contribution >= 4 is 21.5 Å². The standard InChI is InChI=1S/C16H14O4/c1-19-13-5-3-4-9-6-10-7-11(17)8-12(18)14(10)16(20-2)15(9)13/h3-8,17-18H,1-2H3. The molecule has 20 heavy (non-hydrogen) atoms. The molecule has 0 heterocycles. The lowest BCUT2D eigenvalue weighted by Gasteiger charge is -2.14. The number of fused-ring (bicyclic) bond motifs is 2. The van der Waals surface area contributed by atoms with Crippen molar-refractivity contribution in [2.75, 3.05) is 14.2 Å². The van der Waals surface area contributed by atoms with Crippen LogP contribution in [0.1, 0.15) is 0 Å². The van der Waals surface area contributed by atoms with Gasteiger partial charge in [0.05, 0.1) is 25.0 Å². The molecule has 0 aromatic heterocycles. The fraction of sp³-hybridized carbons (Fsp3) is 0.125. The maximum Gasteiger partial charge on any atom is 0.141 e. The zero-order valence-corrected chi connectivity index (χ0v) is 11.2. The van der Waals surface area contributed by atoms with E-state index in [1.54, 1.807) is 20.3 Å². The SMILES string of the molecule is COc1cccc2cc3cc(O)cc(O)c3c(OC)c12. The number of phenolic OH excluding ortho intramolecular Hbond substituents is 2. The van der Waals surface area contributed by atoms with E-state index >= 15 is 0 Å². The van der Waals surface area contributed by atoms with Crippen LogP contribution in [0.4, 0.5) is 0 Å². The van der Waals surface area contributed by atoms with Gasteiger partial charge in [0.15, 0.2) is 0 Å². The molecule has 0 radical (unpaired) electrons. The van der Waals surface area contributed by atoms with Crippen LogP contribution in [0.3, 0.4) is 0 Å². The third-order valence-corrected chi connectivity index (χ3v) is 3.38. The first-order valence-electron chi connectivity index (χ1n) is 6.15. The summed E-state index contributed by atoms with van der Waals surface area (Å²) < 4.78 is 10.9. The first-order valence-corrected chi connectivity index (χ1v) is 6.15. The highest BCUT2D eigenvalue weighted by Crippen LogP contribution is 2.44. The molecular weight excluding hydrogens is 256 g/mol. The van der Waals surface area contributed by atoms with Gasteiger partial charge in [-0.15, -0.1) is 0 Å². The van der Waals surface area contributed by atoms with Crippen molar-refractivity contribution in [3.8, 4) is 23.0 Å². The zero-order valence-electron chi connectivity index (χ0n) is 11.2. The van der Waals surface area contributed by atoms with Crippen molar-refractivity contribution in [3.05, 3.63) is 36.4 Å². The summed E-state index contributed by atoms with van der Waals surface area (Å²) in [4.78, 5) is 0. The van der Waals surface area contributed by atoms with E-state index in [2.05, 4.69) is 0 Å². The van der Waals surface area contributed by atoms with Crippen LogP contribution in [0.25, 0.3) is 21.5 Å². The number of benzene rings is 3. The van der Waals surface area contributed by atoms with Gasteiger partial charge in [-0.05, 0) is 29.0 Å². The van der Waals surface area contributed by atoms with Gasteiger partial charge in [-0.2, -0.15) is 0 Å². The number of hydrogen-bond donors (Lipinski definition) is 2. The third kappa shape index (κ3) is 1.69. The maximum absolute atomic E-state index is 10.1. The molecule has 3 aromatic rings. The van der Waals surface area contributed by atoms with Gasteiger partial charge in [-0.1, -0.05) is 12.1 Å². The molecular formula is C16H14O4. The maximum atomic E-state index is 10.1. The fourth-order valence-electron chi connectivity index (χ4n) is 2.57. The van der Waals surface area contributed by atoms with E-state index in [1.165, 1.54) is 6.07 Å². The van der Waals surface area contributed by atoms with Crippen LogP contribution < -0.4 is 9.47 Å². The van der Waals surface area contributed by atoms with Crippen molar-refractivity contribution < 1.29 is 19.7 Å². The normalized spacial score (nSPS) is 10.9. The summed E-state index contributed by atoms with van der Waals surface area (Å²) in [6.45, 7) is 0. The van der Waals surface area contributed by atoms with Crippen LogP contribution in [-0.2, 0) is 0 Å². The monoisotopic (exact) mass is 270 g/mol. The number of phenols is 2. The smallest absolute Gasteiger partial charge is 0.141 e. The van der Waals surface area contributed by atoms with Crippen LogP contribution in [0, 0.1) is 0 Å². The van der Waals surface area contributed by atoms with Crippen LogP contribution >= 0.6 is 0 Å². The summed E-state index contributed by atoms with van der Waals surface area (Å²) in [5.74, 6) is 1.20. The van der Waals surface area contributed by atoms with Crippen LogP contribution in [0.2, 0.25) is 0 Å². The predicted molar refractivity (Wildman–Crippen MR) is 77.9 cm³/mol. The number of aromatic hydroxyl groups is 2. The molecule has 2 N–H and O–H groups in total. The van der Waals surface area contributed by atoms with Crippen molar-refractivity contribution in [3.63, 3.8) is 0 Å². The molecule has 0 unspecified atom stereocenters. The van der Waals surface area contributed by atoms with E-state index in [-0.39, 0.29) is 11.5 Å². The van der Waals surface area contributed by atoms with Gasteiger partial charge in [-0.3, -0.25) is 0 Å². The van der Waals surface area contributed by atoms with E-state index in [0.717, 1.165) is 10.8 Å². The van der Waals surface area contributed by atoms with E-state index in [0.29, 0.717) is 22.3 Å². The lowest BCUT2D eigenvalue weighted by Crippen LogP contribution is -1.92. The van der Waals surface area contributed by atoms with Crippen LogP contribution in [-0.4, -0.2) is 24.4 Å².